The van der Waals surface area contributed by atoms with E-state index in [1.54, 1.807) is 50.2 Å². The van der Waals surface area contributed by atoms with Gasteiger partial charge in [-0.3, -0.25) is 19.4 Å². The third-order valence-corrected chi connectivity index (χ3v) is 12.4. The predicted molar refractivity (Wildman–Crippen MR) is 210 cm³/mol. The number of nitrogens with one attached hydrogen (secondary N) is 1. The smallest absolute Gasteiger partial charge is 0.264 e. The number of likely N-dealkylation sites (tertiary alicyclic amines) is 1. The third-order valence-electron chi connectivity index (χ3n) is 11.1. The summed E-state index contributed by atoms with van der Waals surface area (Å²) in [6.45, 7) is 10.7. The molecule has 2 heterocycles. The van der Waals surface area contributed by atoms with E-state index < -0.39 is 33.9 Å². The number of carbonyl (C=O) groups is 2. The Kier molecular flexibility index (Phi) is 11.7. The molecule has 5 atom stereocenters. The van der Waals surface area contributed by atoms with Gasteiger partial charge in [-0.05, 0) is 124 Å². The standard InChI is InChI=1S/C42H52N4O7S/c1-25(2)45(6)40(42(48)44-54(49,50)35-17-14-29-19-34(51-7)16-13-30(29)20-35)39(41(47)28(5)43)32-11-12-33(23-46-26(3)9-8-10-27(46)4)36(21-32)31-15-18-37-38(22-31)53-24-52-37/h11-22,25-28,39-40H,8-10,23-24,43H2,1-7H3,(H,44,48)/t26-,27+,28-,39?,40+/m0/s1. The maximum Gasteiger partial charge on any atom is 0.264 e. The highest BCUT2D eigenvalue weighted by molar-refractivity contribution is 7.90. The number of ketones is 1. The molecule has 11 nitrogen and oxygen atoms in total. The zero-order chi connectivity index (χ0) is 38.9. The molecule has 1 amide bonds. The van der Waals surface area contributed by atoms with E-state index in [0.717, 1.165) is 34.9 Å². The molecular formula is C42H52N4O7S. The van der Waals surface area contributed by atoms with E-state index in [1.165, 1.54) is 18.6 Å². The summed E-state index contributed by atoms with van der Waals surface area (Å²) < 4.78 is 46.7. The molecule has 0 spiro atoms. The van der Waals surface area contributed by atoms with Gasteiger partial charge in [0.25, 0.3) is 15.9 Å². The van der Waals surface area contributed by atoms with Crippen LogP contribution in [0, 0.1) is 0 Å². The fourth-order valence-corrected chi connectivity index (χ4v) is 8.70. The highest BCUT2D eigenvalue weighted by Gasteiger charge is 2.41. The number of ether oxygens (including phenoxy) is 3. The van der Waals surface area contributed by atoms with Gasteiger partial charge in [-0.25, -0.2) is 13.1 Å². The third kappa shape index (κ3) is 8.12. The number of carbonyl (C=O) groups excluding carboxylic acids is 2. The molecule has 1 saturated heterocycles. The highest BCUT2D eigenvalue weighted by Crippen LogP contribution is 2.40. The normalized spacial score (nSPS) is 19.1. The SMILES string of the molecule is COc1ccc2cc(S(=O)(=O)NC(=O)[C@@H](C(C(=O)[C@H](C)N)c3ccc(CN4[C@H](C)CCC[C@@H]4C)c(-c4ccc5c(c4)OCO5)c3)N(C)C(C)C)ccc2c1. The number of sulfonamides is 1. The quantitative estimate of drug-likeness (QED) is 0.162. The molecular weight excluding hydrogens is 705 g/mol. The first-order chi connectivity index (χ1) is 25.7. The van der Waals surface area contributed by atoms with Crippen LogP contribution in [0.5, 0.6) is 17.2 Å². The van der Waals surface area contributed by atoms with Crippen LogP contribution in [-0.2, 0) is 26.2 Å². The van der Waals surface area contributed by atoms with Gasteiger partial charge in [0.15, 0.2) is 17.3 Å². The Morgan fingerprint density at radius 2 is 1.61 bits per heavy atom. The molecule has 6 rings (SSSR count). The lowest BCUT2D eigenvalue weighted by molar-refractivity contribution is -0.132. The zero-order valence-electron chi connectivity index (χ0n) is 32.2. The maximum absolute atomic E-state index is 14.5. The summed E-state index contributed by atoms with van der Waals surface area (Å²) in [6, 6.07) is 20.0. The van der Waals surface area contributed by atoms with Crippen LogP contribution in [-0.4, -0.2) is 81.1 Å². The fourth-order valence-electron chi connectivity index (χ4n) is 7.67. The van der Waals surface area contributed by atoms with Crippen LogP contribution >= 0.6 is 0 Å². The first-order valence-corrected chi connectivity index (χ1v) is 20.1. The maximum atomic E-state index is 14.5. The van der Waals surface area contributed by atoms with E-state index in [4.69, 9.17) is 19.9 Å². The fraction of sp³-hybridized carbons (Fsp3) is 0.429. The Balaban J connectivity index is 1.43. The molecule has 0 aromatic heterocycles. The molecule has 4 aromatic carbocycles. The van der Waals surface area contributed by atoms with Crippen molar-refractivity contribution in [3.63, 3.8) is 0 Å². The van der Waals surface area contributed by atoms with E-state index >= 15 is 0 Å². The molecule has 2 aliphatic rings. The topological polar surface area (TPSA) is 140 Å². The van der Waals surface area contributed by atoms with Gasteiger partial charge < -0.3 is 19.9 Å². The van der Waals surface area contributed by atoms with E-state index in [1.807, 2.05) is 50.2 Å². The molecule has 54 heavy (non-hydrogen) atoms. The number of piperidine rings is 1. The van der Waals surface area contributed by atoms with Crippen molar-refractivity contribution in [1.82, 2.24) is 14.5 Å². The average Bonchev–Trinajstić information content (AvgIpc) is 3.62. The van der Waals surface area contributed by atoms with E-state index in [9.17, 15) is 18.0 Å². The molecule has 0 aliphatic carbocycles. The Hall–Kier alpha value is -4.49. The monoisotopic (exact) mass is 756 g/mol. The Morgan fingerprint density at radius 3 is 2.30 bits per heavy atom. The van der Waals surface area contributed by atoms with Crippen molar-refractivity contribution in [3.05, 3.63) is 83.9 Å². The van der Waals surface area contributed by atoms with Crippen molar-refractivity contribution in [1.29, 1.82) is 0 Å². The molecule has 12 heteroatoms. The summed E-state index contributed by atoms with van der Waals surface area (Å²) in [4.78, 5) is 32.9. The number of benzene rings is 4. The number of nitrogens with two attached hydrogens (primary N) is 1. The highest BCUT2D eigenvalue weighted by atomic mass is 32.2. The molecule has 0 radical (unpaired) electrons. The number of methoxy groups -OCH3 is 1. The lowest BCUT2D eigenvalue weighted by Gasteiger charge is -2.39. The van der Waals surface area contributed by atoms with Gasteiger partial charge in [0, 0.05) is 24.7 Å². The summed E-state index contributed by atoms with van der Waals surface area (Å²) in [5.41, 5.74) is 9.67. The Labute approximate surface area is 318 Å². The zero-order valence-corrected chi connectivity index (χ0v) is 33.0. The minimum absolute atomic E-state index is 0.0786. The van der Waals surface area contributed by atoms with Crippen molar-refractivity contribution < 1.29 is 32.2 Å². The van der Waals surface area contributed by atoms with Gasteiger partial charge in [0.2, 0.25) is 6.79 Å². The van der Waals surface area contributed by atoms with Crippen LogP contribution in [0.1, 0.15) is 70.9 Å². The predicted octanol–water partition coefficient (Wildman–Crippen LogP) is 6.22. The van der Waals surface area contributed by atoms with Crippen LogP contribution in [0.4, 0.5) is 0 Å². The Morgan fingerprint density at radius 1 is 0.926 bits per heavy atom. The minimum atomic E-state index is -4.35. The molecule has 1 fully saturated rings. The number of fused-ring (bicyclic) bond motifs is 2. The number of likely N-dealkylation sites (N-methyl/N-ethyl adjacent to an activating group) is 1. The molecule has 0 bridgehead atoms. The van der Waals surface area contributed by atoms with Crippen LogP contribution in [0.2, 0.25) is 0 Å². The average molecular weight is 757 g/mol. The molecule has 288 valence electrons. The summed E-state index contributed by atoms with van der Waals surface area (Å²) in [5, 5.41) is 1.45. The first kappa shape index (κ1) is 39.2. The lowest BCUT2D eigenvalue weighted by Crippen LogP contribution is -2.55. The second-order valence-corrected chi connectivity index (χ2v) is 16.7. The summed E-state index contributed by atoms with van der Waals surface area (Å²) in [5.74, 6) is -0.400. The second kappa shape index (κ2) is 16.1. The van der Waals surface area contributed by atoms with Gasteiger partial charge >= 0.3 is 0 Å². The molecule has 2 aliphatic heterocycles. The van der Waals surface area contributed by atoms with E-state index in [2.05, 4.69) is 23.5 Å². The van der Waals surface area contributed by atoms with Crippen LogP contribution in [0.25, 0.3) is 21.9 Å². The first-order valence-electron chi connectivity index (χ1n) is 18.6. The van der Waals surface area contributed by atoms with Crippen molar-refractivity contribution in [3.8, 4) is 28.4 Å². The van der Waals surface area contributed by atoms with E-state index in [-0.39, 0.29) is 23.5 Å². The largest absolute Gasteiger partial charge is 0.497 e. The number of Topliss-reactive ketones (excluding diaryl/α,β-unsaturated/α-hetero) is 1. The number of amides is 1. The van der Waals surface area contributed by atoms with Gasteiger partial charge in [0.1, 0.15) is 11.8 Å². The number of rotatable bonds is 13. The van der Waals surface area contributed by atoms with E-state index in [0.29, 0.717) is 46.8 Å². The van der Waals surface area contributed by atoms with Crippen LogP contribution in [0.3, 0.4) is 0 Å². The number of hydrogen-bond donors (Lipinski definition) is 2. The molecule has 1 unspecified atom stereocenters. The lowest BCUT2D eigenvalue weighted by atomic mass is 9.81. The van der Waals surface area contributed by atoms with Crippen molar-refractivity contribution in [2.75, 3.05) is 21.0 Å². The van der Waals surface area contributed by atoms with Gasteiger partial charge in [0.05, 0.1) is 24.0 Å². The van der Waals surface area contributed by atoms with Crippen LogP contribution in [0.15, 0.2) is 77.7 Å². The van der Waals surface area contributed by atoms with Crippen LogP contribution < -0.4 is 24.7 Å². The van der Waals surface area contributed by atoms with Crippen molar-refractivity contribution in [2.45, 2.75) is 101 Å². The summed E-state index contributed by atoms with van der Waals surface area (Å²) in [6.07, 6.45) is 3.41. The van der Waals surface area contributed by atoms with Gasteiger partial charge in [-0.2, -0.15) is 0 Å². The molecule has 4 aromatic rings. The van der Waals surface area contributed by atoms with Gasteiger partial charge in [-0.1, -0.05) is 42.8 Å². The molecule has 3 N–H and O–H groups in total. The Bertz CT molecular complexity index is 2130. The molecule has 0 saturated carbocycles. The number of nitrogens with zero attached hydrogens (tertiary/aromatic N) is 2. The number of hydrogen-bond acceptors (Lipinski definition) is 10. The second-order valence-electron chi connectivity index (χ2n) is 15.0. The summed E-state index contributed by atoms with van der Waals surface area (Å²) in [7, 11) is -1.07. The van der Waals surface area contributed by atoms with Gasteiger partial charge in [-0.15, -0.1) is 0 Å². The van der Waals surface area contributed by atoms with Crippen molar-refractivity contribution >= 4 is 32.5 Å². The summed E-state index contributed by atoms with van der Waals surface area (Å²) >= 11 is 0. The minimum Gasteiger partial charge on any atom is -0.497 e. The van der Waals surface area contributed by atoms with Crippen molar-refractivity contribution in [2.24, 2.45) is 5.73 Å².